The lowest BCUT2D eigenvalue weighted by atomic mass is 10.1. The minimum absolute atomic E-state index is 0.545. The largest absolute Gasteiger partial charge is 0.249 e. The van der Waals surface area contributed by atoms with Gasteiger partial charge >= 0.3 is 0 Å². The number of pyridine rings is 1. The van der Waals surface area contributed by atoms with Gasteiger partial charge in [0.05, 0.1) is 0 Å². The van der Waals surface area contributed by atoms with Gasteiger partial charge in [-0.2, -0.15) is 0 Å². The lowest BCUT2D eigenvalue weighted by Crippen LogP contribution is -1.89. The molecule has 0 saturated carbocycles. The van der Waals surface area contributed by atoms with Gasteiger partial charge in [-0.05, 0) is 33.5 Å². The highest BCUT2D eigenvalue weighted by Gasteiger charge is 2.02. The van der Waals surface area contributed by atoms with Crippen LogP contribution in [0.25, 0.3) is 0 Å². The number of hydrogen-bond acceptors (Lipinski definition) is 1. The molecule has 0 amide bonds. The van der Waals surface area contributed by atoms with Gasteiger partial charge in [-0.15, -0.1) is 0 Å². The second-order valence-electron chi connectivity index (χ2n) is 2.54. The van der Waals surface area contributed by atoms with E-state index in [4.69, 9.17) is 0 Å². The molecule has 0 aliphatic heterocycles. The Hall–Kier alpha value is -0.370. The van der Waals surface area contributed by atoms with E-state index in [1.54, 1.807) is 6.20 Å². The number of halogens is 1. The van der Waals surface area contributed by atoms with Gasteiger partial charge < -0.3 is 0 Å². The molecule has 1 aromatic heterocycles. The Balaban J connectivity index is 3.03. The van der Waals surface area contributed by atoms with Crippen LogP contribution in [0.3, 0.4) is 0 Å². The first-order valence-corrected chi connectivity index (χ1v) is 4.11. The van der Waals surface area contributed by atoms with E-state index in [1.807, 2.05) is 6.07 Å². The maximum absolute atomic E-state index is 4.12. The Labute approximate surface area is 69.6 Å². The maximum atomic E-state index is 4.12. The second kappa shape index (κ2) is 3.15. The first-order chi connectivity index (χ1) is 4.72. The molecule has 1 rings (SSSR count). The lowest BCUT2D eigenvalue weighted by molar-refractivity contribution is 0.849. The smallest absolute Gasteiger partial charge is 0.109 e. The summed E-state index contributed by atoms with van der Waals surface area (Å²) >= 11 is 3.39. The fourth-order valence-corrected chi connectivity index (χ4v) is 1.54. The molecule has 0 aliphatic carbocycles. The van der Waals surface area contributed by atoms with E-state index in [0.717, 1.165) is 4.60 Å². The average Bonchev–Trinajstić information content (AvgIpc) is 1.88. The predicted molar refractivity (Wildman–Crippen MR) is 46.0 cm³/mol. The van der Waals surface area contributed by atoms with Crippen LogP contribution < -0.4 is 0 Å². The number of nitrogens with zero attached hydrogens (tertiary/aromatic N) is 1. The molecule has 0 saturated heterocycles. The van der Waals surface area contributed by atoms with Crippen molar-refractivity contribution in [3.8, 4) is 0 Å². The highest BCUT2D eigenvalue weighted by molar-refractivity contribution is 9.10. The van der Waals surface area contributed by atoms with Gasteiger partial charge in [0.15, 0.2) is 0 Å². The Morgan fingerprint density at radius 2 is 2.20 bits per heavy atom. The summed E-state index contributed by atoms with van der Waals surface area (Å²) in [5, 5.41) is 0. The standard InChI is InChI=1S/C8H10BrN/c1-6(2)7-4-3-5-10-8(7)9/h3-6H,1-2H3. The van der Waals surface area contributed by atoms with E-state index < -0.39 is 0 Å². The molecule has 0 atom stereocenters. The molecule has 0 radical (unpaired) electrons. The summed E-state index contributed by atoms with van der Waals surface area (Å²) < 4.78 is 0.963. The number of rotatable bonds is 1. The normalized spacial score (nSPS) is 10.4. The molecule has 0 spiro atoms. The average molecular weight is 200 g/mol. The van der Waals surface area contributed by atoms with Gasteiger partial charge in [-0.25, -0.2) is 4.98 Å². The Kier molecular flexibility index (Phi) is 2.44. The summed E-state index contributed by atoms with van der Waals surface area (Å²) in [6.45, 7) is 4.31. The first-order valence-electron chi connectivity index (χ1n) is 3.32. The molecule has 0 aromatic carbocycles. The van der Waals surface area contributed by atoms with Gasteiger partial charge in [0.2, 0.25) is 0 Å². The van der Waals surface area contributed by atoms with Gasteiger partial charge in [0.1, 0.15) is 4.60 Å². The van der Waals surface area contributed by atoms with Crippen LogP contribution in [0, 0.1) is 0 Å². The number of aromatic nitrogens is 1. The van der Waals surface area contributed by atoms with Crippen molar-refractivity contribution in [3.05, 3.63) is 28.5 Å². The highest BCUT2D eigenvalue weighted by atomic mass is 79.9. The molecular weight excluding hydrogens is 190 g/mol. The predicted octanol–water partition coefficient (Wildman–Crippen LogP) is 2.97. The number of hydrogen-bond donors (Lipinski definition) is 0. The summed E-state index contributed by atoms with van der Waals surface area (Å²) in [5.41, 5.74) is 1.27. The summed E-state index contributed by atoms with van der Waals surface area (Å²) in [6.07, 6.45) is 1.79. The maximum Gasteiger partial charge on any atom is 0.109 e. The van der Waals surface area contributed by atoms with Crippen LogP contribution >= 0.6 is 15.9 Å². The Bertz CT molecular complexity index is 220. The highest BCUT2D eigenvalue weighted by Crippen LogP contribution is 2.20. The topological polar surface area (TPSA) is 12.9 Å². The SMILES string of the molecule is CC(C)c1cccnc1Br. The van der Waals surface area contributed by atoms with Crippen LogP contribution in [0.4, 0.5) is 0 Å². The monoisotopic (exact) mass is 199 g/mol. The van der Waals surface area contributed by atoms with Crippen molar-refractivity contribution >= 4 is 15.9 Å². The van der Waals surface area contributed by atoms with Gasteiger partial charge in [-0.1, -0.05) is 19.9 Å². The van der Waals surface area contributed by atoms with Crippen LogP contribution in [0.1, 0.15) is 25.3 Å². The molecule has 0 N–H and O–H groups in total. The van der Waals surface area contributed by atoms with Crippen molar-refractivity contribution < 1.29 is 0 Å². The molecule has 2 heteroatoms. The molecule has 0 unspecified atom stereocenters. The van der Waals surface area contributed by atoms with Crippen molar-refractivity contribution in [2.45, 2.75) is 19.8 Å². The van der Waals surface area contributed by atoms with E-state index in [-0.39, 0.29) is 0 Å². The van der Waals surface area contributed by atoms with Crippen LogP contribution in [-0.2, 0) is 0 Å². The fraction of sp³-hybridized carbons (Fsp3) is 0.375. The molecule has 1 aromatic rings. The lowest BCUT2D eigenvalue weighted by Gasteiger charge is -2.04. The van der Waals surface area contributed by atoms with Crippen molar-refractivity contribution in [1.82, 2.24) is 4.98 Å². The van der Waals surface area contributed by atoms with Crippen LogP contribution in [0.15, 0.2) is 22.9 Å². The molecular formula is C8H10BrN. The van der Waals surface area contributed by atoms with Gasteiger partial charge in [-0.3, -0.25) is 0 Å². The van der Waals surface area contributed by atoms with Crippen molar-refractivity contribution in [2.24, 2.45) is 0 Å². The summed E-state index contributed by atoms with van der Waals surface area (Å²) in [5.74, 6) is 0.545. The molecule has 0 bridgehead atoms. The van der Waals surface area contributed by atoms with E-state index in [9.17, 15) is 0 Å². The molecule has 1 heterocycles. The first kappa shape index (κ1) is 7.73. The molecule has 1 nitrogen and oxygen atoms in total. The molecule has 10 heavy (non-hydrogen) atoms. The van der Waals surface area contributed by atoms with Gasteiger partial charge in [0.25, 0.3) is 0 Å². The van der Waals surface area contributed by atoms with Crippen LogP contribution in [-0.4, -0.2) is 4.98 Å². The van der Waals surface area contributed by atoms with Crippen LogP contribution in [0.2, 0.25) is 0 Å². The van der Waals surface area contributed by atoms with Crippen LogP contribution in [0.5, 0.6) is 0 Å². The third-order valence-electron chi connectivity index (χ3n) is 1.41. The van der Waals surface area contributed by atoms with E-state index in [0.29, 0.717) is 5.92 Å². The summed E-state index contributed by atoms with van der Waals surface area (Å²) in [4.78, 5) is 4.12. The second-order valence-corrected chi connectivity index (χ2v) is 3.29. The minimum atomic E-state index is 0.545. The zero-order chi connectivity index (χ0) is 7.56. The van der Waals surface area contributed by atoms with Crippen molar-refractivity contribution in [1.29, 1.82) is 0 Å². The zero-order valence-corrected chi connectivity index (χ0v) is 7.72. The Morgan fingerprint density at radius 3 is 2.60 bits per heavy atom. The van der Waals surface area contributed by atoms with Gasteiger partial charge in [0, 0.05) is 6.20 Å². The summed E-state index contributed by atoms with van der Waals surface area (Å²) in [6, 6.07) is 4.04. The third kappa shape index (κ3) is 1.57. The van der Waals surface area contributed by atoms with E-state index in [2.05, 4.69) is 40.8 Å². The fourth-order valence-electron chi connectivity index (χ4n) is 0.829. The van der Waals surface area contributed by atoms with Crippen molar-refractivity contribution in [3.63, 3.8) is 0 Å². The molecule has 0 aliphatic rings. The minimum Gasteiger partial charge on any atom is -0.249 e. The zero-order valence-electron chi connectivity index (χ0n) is 6.13. The Morgan fingerprint density at radius 1 is 1.50 bits per heavy atom. The van der Waals surface area contributed by atoms with E-state index in [1.165, 1.54) is 5.56 Å². The molecule has 54 valence electrons. The van der Waals surface area contributed by atoms with Crippen molar-refractivity contribution in [2.75, 3.05) is 0 Å². The third-order valence-corrected chi connectivity index (χ3v) is 2.07. The summed E-state index contributed by atoms with van der Waals surface area (Å²) in [7, 11) is 0. The quantitative estimate of drug-likeness (QED) is 0.635. The van der Waals surface area contributed by atoms with E-state index >= 15 is 0 Å². The molecule has 0 fully saturated rings.